The average Bonchev–Trinajstić information content (AvgIpc) is 2.73. The van der Waals surface area contributed by atoms with Gasteiger partial charge in [-0.25, -0.2) is 4.98 Å². The molecule has 176 valence electrons. The summed E-state index contributed by atoms with van der Waals surface area (Å²) in [5, 5.41) is 49.7. The number of ketones is 2. The number of aromatic hydroxyl groups is 1. The Labute approximate surface area is 189 Å². The van der Waals surface area contributed by atoms with E-state index >= 15 is 0 Å². The molecule has 1 aromatic heterocycles. The molecule has 1 heterocycles. The summed E-state index contributed by atoms with van der Waals surface area (Å²) in [7, 11) is 1.61. The van der Waals surface area contributed by atoms with Crippen molar-refractivity contribution in [2.75, 3.05) is 12.4 Å². The highest BCUT2D eigenvalue weighted by Gasteiger charge is 2.62. The molecule has 0 aromatic carbocycles. The molecule has 0 bridgehead atoms. The molecule has 8 N–H and O–H groups in total. The Morgan fingerprint density at radius 2 is 1.94 bits per heavy atom. The lowest BCUT2D eigenvalue weighted by Gasteiger charge is -2.49. The van der Waals surface area contributed by atoms with Crippen molar-refractivity contribution in [3.05, 3.63) is 40.0 Å². The van der Waals surface area contributed by atoms with E-state index in [1.54, 1.807) is 20.9 Å². The van der Waals surface area contributed by atoms with E-state index in [0.29, 0.717) is 11.4 Å². The first-order valence-electron chi connectivity index (χ1n) is 10.6. The SMILES string of the molecule is CNc1ncc(O)c2c1C[C@H]1C[C@H]3[C@H](NC(C)C)C(O)=C(C(N)=O)C(=O)[C@@]3(O)C(O)=C1C2=O. The second kappa shape index (κ2) is 7.56. The number of aromatic nitrogens is 1. The fourth-order valence-electron chi connectivity index (χ4n) is 5.34. The molecule has 3 aliphatic carbocycles. The van der Waals surface area contributed by atoms with Crippen LogP contribution in [0.1, 0.15) is 36.2 Å². The first-order chi connectivity index (χ1) is 15.4. The molecule has 0 spiro atoms. The van der Waals surface area contributed by atoms with Gasteiger partial charge in [0.1, 0.15) is 28.7 Å². The molecule has 4 rings (SSSR count). The number of nitrogens with one attached hydrogen (secondary N) is 2. The Hall–Kier alpha value is -3.44. The van der Waals surface area contributed by atoms with Crippen molar-refractivity contribution < 1.29 is 34.8 Å². The Bertz CT molecular complexity index is 1160. The van der Waals surface area contributed by atoms with E-state index in [0.717, 1.165) is 6.20 Å². The Morgan fingerprint density at radius 1 is 1.27 bits per heavy atom. The molecule has 1 amide bonds. The van der Waals surface area contributed by atoms with Gasteiger partial charge in [0, 0.05) is 30.1 Å². The van der Waals surface area contributed by atoms with E-state index in [-0.39, 0.29) is 30.0 Å². The number of hydrogen-bond acceptors (Lipinski definition) is 10. The molecular formula is C22H26N4O7. The summed E-state index contributed by atoms with van der Waals surface area (Å²) >= 11 is 0. The average molecular weight is 458 g/mol. The van der Waals surface area contributed by atoms with Crippen molar-refractivity contribution in [3.63, 3.8) is 0 Å². The standard InChI is InChI=1S/C22H26N4O7/c1-7(2)26-15-10-5-8-4-9-13(11(27)6-25-21(9)24-3)16(28)12(8)18(30)22(10,33)19(31)14(17(15)29)20(23)32/h6-8,10,15,26-27,29-30,33H,4-5H2,1-3H3,(H2,23,32)(H,24,25)/t8-,10-,15-,22-/m0/s1. The molecule has 0 unspecified atom stereocenters. The number of carbonyl (C=O) groups is 3. The topological polar surface area (TPSA) is 195 Å². The number of aliphatic hydroxyl groups is 3. The van der Waals surface area contributed by atoms with Crippen molar-refractivity contribution in [2.24, 2.45) is 17.6 Å². The zero-order valence-electron chi connectivity index (χ0n) is 18.3. The third kappa shape index (κ3) is 3.03. The molecule has 3 aliphatic rings. The van der Waals surface area contributed by atoms with Gasteiger partial charge >= 0.3 is 0 Å². The Kier molecular flexibility index (Phi) is 5.21. The van der Waals surface area contributed by atoms with E-state index < -0.39 is 63.8 Å². The number of pyridine rings is 1. The number of carbonyl (C=O) groups excluding carboxylic acids is 3. The number of rotatable bonds is 4. The molecule has 0 saturated heterocycles. The summed E-state index contributed by atoms with van der Waals surface area (Å²) in [5.74, 6) is -6.53. The van der Waals surface area contributed by atoms with Gasteiger partial charge in [-0.1, -0.05) is 13.8 Å². The number of Topliss-reactive ketones (excluding diaryl/α,β-unsaturated/α-hetero) is 2. The van der Waals surface area contributed by atoms with Crippen molar-refractivity contribution in [3.8, 4) is 5.75 Å². The second-order valence-electron chi connectivity index (χ2n) is 8.95. The number of amides is 1. The fraction of sp³-hybridized carbons (Fsp3) is 0.455. The third-order valence-electron chi connectivity index (χ3n) is 6.70. The number of anilines is 1. The van der Waals surface area contributed by atoms with E-state index in [9.17, 15) is 34.8 Å². The number of nitrogens with zero attached hydrogens (tertiary/aromatic N) is 1. The van der Waals surface area contributed by atoms with Gasteiger partial charge in [-0.2, -0.15) is 0 Å². The fourth-order valence-corrected chi connectivity index (χ4v) is 5.34. The van der Waals surface area contributed by atoms with Crippen LogP contribution >= 0.6 is 0 Å². The minimum atomic E-state index is -2.66. The highest BCUT2D eigenvalue weighted by molar-refractivity contribution is 6.24. The summed E-state index contributed by atoms with van der Waals surface area (Å²) in [4.78, 5) is 42.7. The molecule has 1 aromatic rings. The van der Waals surface area contributed by atoms with Gasteiger partial charge in [-0.05, 0) is 18.8 Å². The quantitative estimate of drug-likeness (QED) is 0.302. The third-order valence-corrected chi connectivity index (χ3v) is 6.70. The minimum Gasteiger partial charge on any atom is -0.510 e. The van der Waals surface area contributed by atoms with Crippen LogP contribution in [0.4, 0.5) is 5.82 Å². The maximum absolute atomic E-state index is 13.4. The lowest BCUT2D eigenvalue weighted by molar-refractivity contribution is -0.146. The highest BCUT2D eigenvalue weighted by Crippen LogP contribution is 2.52. The normalized spacial score (nSPS) is 29.1. The predicted molar refractivity (Wildman–Crippen MR) is 116 cm³/mol. The Balaban J connectivity index is 1.95. The molecule has 0 fully saturated rings. The van der Waals surface area contributed by atoms with Crippen LogP contribution in [0, 0.1) is 11.8 Å². The summed E-state index contributed by atoms with van der Waals surface area (Å²) in [6, 6.07) is -1.32. The minimum absolute atomic E-state index is 0.0200. The zero-order chi connectivity index (χ0) is 24.4. The van der Waals surface area contributed by atoms with Gasteiger partial charge in [-0.3, -0.25) is 14.4 Å². The van der Waals surface area contributed by atoms with Gasteiger partial charge in [0.2, 0.25) is 5.78 Å². The summed E-state index contributed by atoms with van der Waals surface area (Å²) < 4.78 is 0. The van der Waals surface area contributed by atoms with E-state index in [4.69, 9.17) is 5.73 Å². The summed E-state index contributed by atoms with van der Waals surface area (Å²) in [5.41, 5.74) is 1.98. The molecule has 11 heteroatoms. The molecule has 0 aliphatic heterocycles. The van der Waals surface area contributed by atoms with Crippen LogP contribution in [-0.4, -0.2) is 67.6 Å². The van der Waals surface area contributed by atoms with Gasteiger partial charge in [0.05, 0.1) is 17.8 Å². The zero-order valence-corrected chi connectivity index (χ0v) is 18.3. The molecule has 11 nitrogen and oxygen atoms in total. The number of fused-ring (bicyclic) bond motifs is 3. The number of hydrogen-bond donors (Lipinski definition) is 7. The number of aliphatic hydroxyl groups excluding tert-OH is 2. The van der Waals surface area contributed by atoms with E-state index in [2.05, 4.69) is 15.6 Å². The van der Waals surface area contributed by atoms with Gasteiger partial charge < -0.3 is 36.8 Å². The number of nitrogens with two attached hydrogens (primary N) is 1. The number of allylic oxidation sites excluding steroid dienone is 1. The molecular weight excluding hydrogens is 432 g/mol. The van der Waals surface area contributed by atoms with Gasteiger partial charge in [0.25, 0.3) is 5.91 Å². The van der Waals surface area contributed by atoms with Crippen molar-refractivity contribution in [1.82, 2.24) is 10.3 Å². The van der Waals surface area contributed by atoms with Gasteiger partial charge in [0.15, 0.2) is 11.4 Å². The van der Waals surface area contributed by atoms with Crippen LogP contribution in [0.15, 0.2) is 28.9 Å². The second-order valence-corrected chi connectivity index (χ2v) is 8.95. The molecule has 4 atom stereocenters. The van der Waals surface area contributed by atoms with E-state index in [1.165, 1.54) is 0 Å². The number of primary amides is 1. The highest BCUT2D eigenvalue weighted by atomic mass is 16.3. The van der Waals surface area contributed by atoms with Crippen LogP contribution in [-0.2, 0) is 16.0 Å². The van der Waals surface area contributed by atoms with Crippen molar-refractivity contribution in [2.45, 2.75) is 44.4 Å². The monoisotopic (exact) mass is 458 g/mol. The predicted octanol–water partition coefficient (Wildman–Crippen LogP) is -0.00630. The molecule has 0 saturated carbocycles. The summed E-state index contributed by atoms with van der Waals surface area (Å²) in [6.45, 7) is 3.54. The largest absolute Gasteiger partial charge is 0.510 e. The first-order valence-corrected chi connectivity index (χ1v) is 10.6. The van der Waals surface area contributed by atoms with Crippen LogP contribution < -0.4 is 16.4 Å². The lowest BCUT2D eigenvalue weighted by atomic mass is 9.59. The molecule has 33 heavy (non-hydrogen) atoms. The van der Waals surface area contributed by atoms with Crippen LogP contribution in [0.2, 0.25) is 0 Å². The maximum atomic E-state index is 13.4. The van der Waals surface area contributed by atoms with Crippen LogP contribution in [0.3, 0.4) is 0 Å². The maximum Gasteiger partial charge on any atom is 0.255 e. The molecule has 0 radical (unpaired) electrons. The van der Waals surface area contributed by atoms with Gasteiger partial charge in [-0.15, -0.1) is 0 Å². The van der Waals surface area contributed by atoms with Crippen molar-refractivity contribution in [1.29, 1.82) is 0 Å². The lowest BCUT2D eigenvalue weighted by Crippen LogP contribution is -2.64. The van der Waals surface area contributed by atoms with Crippen LogP contribution in [0.25, 0.3) is 0 Å². The van der Waals surface area contributed by atoms with E-state index in [1.807, 2.05) is 0 Å². The summed E-state index contributed by atoms with van der Waals surface area (Å²) in [6.07, 6.45) is 1.30. The van der Waals surface area contributed by atoms with Crippen molar-refractivity contribution >= 4 is 23.3 Å². The van der Waals surface area contributed by atoms with Crippen LogP contribution in [0.5, 0.6) is 5.75 Å². The first kappa shape index (κ1) is 22.7. The smallest absolute Gasteiger partial charge is 0.255 e. The Morgan fingerprint density at radius 3 is 2.52 bits per heavy atom.